The molecule has 2 aromatic carbocycles. The van der Waals surface area contributed by atoms with Crippen molar-refractivity contribution in [3.05, 3.63) is 67.7 Å². The van der Waals surface area contributed by atoms with Crippen molar-refractivity contribution in [2.45, 2.75) is 13.0 Å². The Morgan fingerprint density at radius 1 is 1.32 bits per heavy atom. The van der Waals surface area contributed by atoms with E-state index in [4.69, 9.17) is 5.26 Å². The molecular weight excluding hydrogens is 346 g/mol. The first-order chi connectivity index (χ1) is 10.6. The summed E-state index contributed by atoms with van der Waals surface area (Å²) in [6.07, 6.45) is 0.839. The number of nitrogens with zero attached hydrogens (tertiary/aromatic N) is 3. The monoisotopic (exact) mass is 357 g/mol. The van der Waals surface area contributed by atoms with Gasteiger partial charge in [0.1, 0.15) is 5.69 Å². The molecule has 0 unspecified atom stereocenters. The van der Waals surface area contributed by atoms with Gasteiger partial charge in [-0.25, -0.2) is 0 Å². The fourth-order valence-corrected chi connectivity index (χ4v) is 3.28. The summed E-state index contributed by atoms with van der Waals surface area (Å²) in [6.45, 7) is 1.33. The highest BCUT2D eigenvalue weighted by atomic mass is 79.9. The van der Waals surface area contributed by atoms with E-state index >= 15 is 0 Å². The predicted molar refractivity (Wildman–Crippen MR) is 86.7 cm³/mol. The minimum absolute atomic E-state index is 0.0189. The first kappa shape index (κ1) is 14.5. The third-order valence-corrected chi connectivity index (χ3v) is 4.60. The van der Waals surface area contributed by atoms with E-state index in [-0.39, 0.29) is 5.69 Å². The molecule has 0 bridgehead atoms. The van der Waals surface area contributed by atoms with Gasteiger partial charge in [0.2, 0.25) is 0 Å². The molecule has 0 fully saturated rings. The van der Waals surface area contributed by atoms with Gasteiger partial charge in [0.15, 0.2) is 0 Å². The maximum absolute atomic E-state index is 11.3. The molecule has 1 aliphatic rings. The van der Waals surface area contributed by atoms with Gasteiger partial charge in [0, 0.05) is 23.6 Å². The Balaban J connectivity index is 2.01. The molecule has 0 spiro atoms. The van der Waals surface area contributed by atoms with Crippen molar-refractivity contribution in [3.8, 4) is 6.07 Å². The number of anilines is 1. The van der Waals surface area contributed by atoms with E-state index in [1.54, 1.807) is 12.1 Å². The Kier molecular flexibility index (Phi) is 3.82. The summed E-state index contributed by atoms with van der Waals surface area (Å²) in [6, 6.07) is 12.6. The van der Waals surface area contributed by atoms with Gasteiger partial charge < -0.3 is 4.90 Å². The van der Waals surface area contributed by atoms with E-state index in [2.05, 4.69) is 22.0 Å². The number of halogens is 1. The normalized spacial score (nSPS) is 13.4. The minimum Gasteiger partial charge on any atom is -0.361 e. The summed E-state index contributed by atoms with van der Waals surface area (Å²) in [5.41, 5.74) is 3.27. The summed E-state index contributed by atoms with van der Waals surface area (Å²) in [4.78, 5) is 12.9. The highest BCUT2D eigenvalue weighted by molar-refractivity contribution is 9.10. The molecule has 0 N–H and O–H groups in total. The molecule has 0 aliphatic carbocycles. The SMILES string of the molecule is N#Cc1ccc(N2CCc3cccc(Br)c3C2)c([N+](=O)[O-])c1. The first-order valence-corrected chi connectivity index (χ1v) is 7.59. The lowest BCUT2D eigenvalue weighted by Gasteiger charge is -2.31. The van der Waals surface area contributed by atoms with E-state index in [9.17, 15) is 10.1 Å². The number of rotatable bonds is 2. The van der Waals surface area contributed by atoms with Gasteiger partial charge in [-0.1, -0.05) is 28.1 Å². The van der Waals surface area contributed by atoms with Crippen molar-refractivity contribution in [2.24, 2.45) is 0 Å². The van der Waals surface area contributed by atoms with Crippen LogP contribution in [0.3, 0.4) is 0 Å². The van der Waals surface area contributed by atoms with Crippen LogP contribution in [0.4, 0.5) is 11.4 Å². The fourth-order valence-electron chi connectivity index (χ4n) is 2.75. The predicted octanol–water partition coefficient (Wildman–Crippen LogP) is 3.79. The third kappa shape index (κ3) is 2.55. The van der Waals surface area contributed by atoms with Crippen molar-refractivity contribution in [3.63, 3.8) is 0 Å². The molecule has 0 saturated heterocycles. The van der Waals surface area contributed by atoms with Crippen molar-refractivity contribution in [2.75, 3.05) is 11.4 Å². The van der Waals surface area contributed by atoms with E-state index in [1.165, 1.54) is 11.6 Å². The van der Waals surface area contributed by atoms with Crippen LogP contribution in [0.1, 0.15) is 16.7 Å². The Hall–Kier alpha value is -2.39. The van der Waals surface area contributed by atoms with Crippen LogP contribution in [0, 0.1) is 21.4 Å². The van der Waals surface area contributed by atoms with Crippen molar-refractivity contribution in [1.82, 2.24) is 0 Å². The Labute approximate surface area is 136 Å². The van der Waals surface area contributed by atoms with Gasteiger partial charge in [-0.3, -0.25) is 10.1 Å². The minimum atomic E-state index is -0.425. The average molecular weight is 358 g/mol. The van der Waals surface area contributed by atoms with Crippen LogP contribution in [0.2, 0.25) is 0 Å². The standard InChI is InChI=1S/C16H12BrN3O2/c17-14-3-1-2-12-6-7-19(10-13(12)14)15-5-4-11(9-18)8-16(15)20(21)22/h1-5,8H,6-7,10H2. The first-order valence-electron chi connectivity index (χ1n) is 6.80. The molecule has 1 heterocycles. The lowest BCUT2D eigenvalue weighted by atomic mass is 9.99. The maximum atomic E-state index is 11.3. The molecule has 0 saturated carbocycles. The van der Waals surface area contributed by atoms with Gasteiger partial charge in [-0.2, -0.15) is 5.26 Å². The molecule has 1 aliphatic heterocycles. The molecule has 6 heteroatoms. The molecule has 0 radical (unpaired) electrons. The van der Waals surface area contributed by atoms with Gasteiger partial charge >= 0.3 is 0 Å². The number of hydrogen-bond acceptors (Lipinski definition) is 4. The van der Waals surface area contributed by atoms with Crippen LogP contribution in [0.5, 0.6) is 0 Å². The van der Waals surface area contributed by atoms with Crippen molar-refractivity contribution >= 4 is 27.3 Å². The number of benzene rings is 2. The summed E-state index contributed by atoms with van der Waals surface area (Å²) in [5.74, 6) is 0. The zero-order valence-corrected chi connectivity index (χ0v) is 13.2. The number of nitro groups is 1. The Morgan fingerprint density at radius 2 is 2.14 bits per heavy atom. The number of nitriles is 1. The topological polar surface area (TPSA) is 70.2 Å². The lowest BCUT2D eigenvalue weighted by molar-refractivity contribution is -0.384. The van der Waals surface area contributed by atoms with Gasteiger partial charge in [0.05, 0.1) is 16.6 Å². The zero-order chi connectivity index (χ0) is 15.7. The summed E-state index contributed by atoms with van der Waals surface area (Å²) < 4.78 is 1.02. The molecule has 3 rings (SSSR count). The third-order valence-electron chi connectivity index (χ3n) is 3.86. The summed E-state index contributed by atoms with van der Waals surface area (Å²) in [7, 11) is 0. The summed E-state index contributed by atoms with van der Waals surface area (Å²) >= 11 is 3.55. The molecule has 5 nitrogen and oxygen atoms in total. The second-order valence-corrected chi connectivity index (χ2v) is 5.98. The molecule has 0 amide bonds. The average Bonchev–Trinajstić information content (AvgIpc) is 2.54. The highest BCUT2D eigenvalue weighted by Gasteiger charge is 2.24. The largest absolute Gasteiger partial charge is 0.361 e. The van der Waals surface area contributed by atoms with E-state index in [0.717, 1.165) is 23.0 Å². The van der Waals surface area contributed by atoms with Crippen molar-refractivity contribution < 1.29 is 4.92 Å². The second-order valence-electron chi connectivity index (χ2n) is 5.12. The van der Waals surface area contributed by atoms with Gasteiger partial charge in [0.25, 0.3) is 5.69 Å². The van der Waals surface area contributed by atoms with Crippen LogP contribution < -0.4 is 4.90 Å². The van der Waals surface area contributed by atoms with E-state index in [1.807, 2.05) is 23.1 Å². The summed E-state index contributed by atoms with van der Waals surface area (Å²) in [5, 5.41) is 20.2. The number of nitro benzene ring substituents is 1. The zero-order valence-electron chi connectivity index (χ0n) is 11.6. The number of hydrogen-bond donors (Lipinski definition) is 0. The van der Waals surface area contributed by atoms with E-state index in [0.29, 0.717) is 17.8 Å². The molecular formula is C16H12BrN3O2. The molecule has 2 aromatic rings. The Bertz CT molecular complexity index is 798. The maximum Gasteiger partial charge on any atom is 0.293 e. The van der Waals surface area contributed by atoms with Crippen LogP contribution >= 0.6 is 15.9 Å². The quantitative estimate of drug-likeness (QED) is 0.605. The molecule has 0 aromatic heterocycles. The van der Waals surface area contributed by atoms with Crippen LogP contribution in [-0.2, 0) is 13.0 Å². The second kappa shape index (κ2) is 5.78. The van der Waals surface area contributed by atoms with Crippen molar-refractivity contribution in [1.29, 1.82) is 5.26 Å². The highest BCUT2D eigenvalue weighted by Crippen LogP contribution is 2.34. The van der Waals surface area contributed by atoms with Crippen LogP contribution in [0.25, 0.3) is 0 Å². The van der Waals surface area contributed by atoms with Gasteiger partial charge in [-0.15, -0.1) is 0 Å². The molecule has 22 heavy (non-hydrogen) atoms. The van der Waals surface area contributed by atoms with Crippen LogP contribution in [0.15, 0.2) is 40.9 Å². The Morgan fingerprint density at radius 3 is 2.86 bits per heavy atom. The lowest BCUT2D eigenvalue weighted by Crippen LogP contribution is -2.31. The molecule has 0 atom stereocenters. The van der Waals surface area contributed by atoms with E-state index < -0.39 is 4.92 Å². The number of fused-ring (bicyclic) bond motifs is 1. The smallest absolute Gasteiger partial charge is 0.293 e. The molecule has 110 valence electrons. The van der Waals surface area contributed by atoms with Crippen LogP contribution in [-0.4, -0.2) is 11.5 Å². The van der Waals surface area contributed by atoms with Gasteiger partial charge in [-0.05, 0) is 35.7 Å². The fraction of sp³-hybridized carbons (Fsp3) is 0.188.